The fourth-order valence-corrected chi connectivity index (χ4v) is 3.17. The van der Waals surface area contributed by atoms with Crippen molar-refractivity contribution in [1.29, 1.82) is 0 Å². The van der Waals surface area contributed by atoms with Gasteiger partial charge in [0, 0.05) is 5.02 Å². The third-order valence-electron chi connectivity index (χ3n) is 4.52. The van der Waals surface area contributed by atoms with Gasteiger partial charge in [0.1, 0.15) is 12.4 Å². The van der Waals surface area contributed by atoms with Crippen LogP contribution in [0.5, 0.6) is 5.75 Å². The number of halogens is 1. The summed E-state index contributed by atoms with van der Waals surface area (Å²) in [5.41, 5.74) is 2.01. The first-order valence-corrected chi connectivity index (χ1v) is 9.54. The predicted molar refractivity (Wildman–Crippen MR) is 109 cm³/mol. The minimum absolute atomic E-state index is 0.119. The molecule has 0 spiro atoms. The Morgan fingerprint density at radius 2 is 1.50 bits per heavy atom. The van der Waals surface area contributed by atoms with Crippen molar-refractivity contribution in [1.82, 2.24) is 5.06 Å². The second-order valence-corrected chi connectivity index (χ2v) is 7.09. The van der Waals surface area contributed by atoms with E-state index in [1.807, 2.05) is 12.1 Å². The van der Waals surface area contributed by atoms with Crippen LogP contribution in [0, 0.1) is 0 Å². The van der Waals surface area contributed by atoms with Crippen LogP contribution >= 0.6 is 11.6 Å². The lowest BCUT2D eigenvalue weighted by Crippen LogP contribution is -2.33. The summed E-state index contributed by atoms with van der Waals surface area (Å²) >= 11 is 5.87. The van der Waals surface area contributed by atoms with Crippen molar-refractivity contribution in [2.45, 2.75) is 13.0 Å². The first-order chi connectivity index (χ1) is 14.5. The maximum absolute atomic E-state index is 12.3. The van der Waals surface area contributed by atoms with Crippen molar-refractivity contribution in [3.05, 3.63) is 100 Å². The molecule has 3 aromatic rings. The number of rotatable bonds is 6. The van der Waals surface area contributed by atoms with Crippen LogP contribution < -0.4 is 4.74 Å². The van der Waals surface area contributed by atoms with Crippen molar-refractivity contribution in [3.63, 3.8) is 0 Å². The molecule has 1 aliphatic heterocycles. The fraction of sp³-hybridized carbons (Fsp3) is 0.0870. The van der Waals surface area contributed by atoms with E-state index in [2.05, 4.69) is 0 Å². The van der Waals surface area contributed by atoms with Gasteiger partial charge in [-0.05, 0) is 47.5 Å². The van der Waals surface area contributed by atoms with Crippen LogP contribution in [-0.2, 0) is 22.7 Å². The Kier molecular flexibility index (Phi) is 5.50. The lowest BCUT2D eigenvalue weighted by molar-refractivity contribution is -0.167. The van der Waals surface area contributed by atoms with E-state index in [9.17, 15) is 14.4 Å². The van der Waals surface area contributed by atoms with Crippen molar-refractivity contribution < 1.29 is 24.0 Å². The van der Waals surface area contributed by atoms with E-state index in [4.69, 9.17) is 21.2 Å². The molecule has 0 bridgehead atoms. The third-order valence-corrected chi connectivity index (χ3v) is 4.77. The zero-order valence-electron chi connectivity index (χ0n) is 15.7. The van der Waals surface area contributed by atoms with Crippen LogP contribution in [-0.4, -0.2) is 22.8 Å². The van der Waals surface area contributed by atoms with E-state index >= 15 is 0 Å². The quantitative estimate of drug-likeness (QED) is 0.557. The topological polar surface area (TPSA) is 72.9 Å². The lowest BCUT2D eigenvalue weighted by Gasteiger charge is -2.13. The van der Waals surface area contributed by atoms with Gasteiger partial charge >= 0.3 is 5.97 Å². The summed E-state index contributed by atoms with van der Waals surface area (Å²) in [7, 11) is 0. The monoisotopic (exact) mass is 421 g/mol. The van der Waals surface area contributed by atoms with Crippen LogP contribution in [0.2, 0.25) is 5.02 Å². The van der Waals surface area contributed by atoms with Crippen LogP contribution in [0.1, 0.15) is 31.8 Å². The van der Waals surface area contributed by atoms with Crippen molar-refractivity contribution >= 4 is 29.4 Å². The van der Waals surface area contributed by atoms with Gasteiger partial charge in [-0.15, -0.1) is 0 Å². The Labute approximate surface area is 177 Å². The fourth-order valence-electron chi connectivity index (χ4n) is 3.04. The van der Waals surface area contributed by atoms with E-state index in [-0.39, 0.29) is 17.5 Å². The molecule has 0 unspecified atom stereocenters. The number of carbonyl (C=O) groups is 3. The molecule has 0 aliphatic carbocycles. The zero-order chi connectivity index (χ0) is 21.1. The van der Waals surface area contributed by atoms with E-state index in [1.165, 1.54) is 12.1 Å². The Morgan fingerprint density at radius 1 is 0.833 bits per heavy atom. The average Bonchev–Trinajstić information content (AvgIpc) is 2.99. The molecule has 0 aromatic heterocycles. The Hall–Kier alpha value is -3.64. The summed E-state index contributed by atoms with van der Waals surface area (Å²) in [6.07, 6.45) is -0.119. The molecule has 0 saturated carbocycles. The number of hydrogen-bond acceptors (Lipinski definition) is 5. The summed E-state index contributed by atoms with van der Waals surface area (Å²) in [6, 6.07) is 20.6. The number of hydroxylamine groups is 2. The van der Waals surface area contributed by atoms with Gasteiger partial charge in [0.25, 0.3) is 11.8 Å². The molecule has 7 heteroatoms. The number of nitrogens with zero attached hydrogens (tertiary/aromatic N) is 1. The summed E-state index contributed by atoms with van der Waals surface area (Å²) < 4.78 is 5.75. The molecule has 150 valence electrons. The van der Waals surface area contributed by atoms with Crippen LogP contribution in [0.15, 0.2) is 72.8 Å². The summed E-state index contributed by atoms with van der Waals surface area (Å²) in [6.45, 7) is 0.347. The molecule has 2 amide bonds. The van der Waals surface area contributed by atoms with Gasteiger partial charge in [0.15, 0.2) is 0 Å². The minimum Gasteiger partial charge on any atom is -0.489 e. The minimum atomic E-state index is -0.723. The second kappa shape index (κ2) is 8.39. The zero-order valence-corrected chi connectivity index (χ0v) is 16.5. The Morgan fingerprint density at radius 3 is 2.17 bits per heavy atom. The molecule has 30 heavy (non-hydrogen) atoms. The van der Waals surface area contributed by atoms with Gasteiger partial charge in [0.05, 0.1) is 17.5 Å². The second-order valence-electron chi connectivity index (χ2n) is 6.65. The highest BCUT2D eigenvalue weighted by Crippen LogP contribution is 2.23. The molecule has 0 saturated heterocycles. The summed E-state index contributed by atoms with van der Waals surface area (Å²) in [5.74, 6) is -1.44. The highest BCUT2D eigenvalue weighted by Gasteiger charge is 2.38. The highest BCUT2D eigenvalue weighted by atomic mass is 35.5. The molecule has 1 aliphatic rings. The number of amides is 2. The molecular weight excluding hydrogens is 406 g/mol. The first kappa shape index (κ1) is 19.7. The largest absolute Gasteiger partial charge is 0.489 e. The average molecular weight is 422 g/mol. The molecular formula is C23H16ClNO5. The van der Waals surface area contributed by atoms with Gasteiger partial charge in [0.2, 0.25) is 0 Å². The van der Waals surface area contributed by atoms with Gasteiger partial charge < -0.3 is 9.57 Å². The Balaban J connectivity index is 1.37. The van der Waals surface area contributed by atoms with Crippen LogP contribution in [0.4, 0.5) is 0 Å². The smallest absolute Gasteiger partial charge is 0.337 e. The number of benzene rings is 3. The van der Waals surface area contributed by atoms with Gasteiger partial charge in [-0.25, -0.2) is 4.79 Å². The van der Waals surface area contributed by atoms with Gasteiger partial charge in [-0.3, -0.25) is 9.59 Å². The SMILES string of the molecule is O=C(Cc1cccc(OCc2ccc(Cl)cc2)c1)ON1C(=O)c2ccccc2C1=O. The number of carbonyl (C=O) groups excluding carboxylic acids is 3. The molecule has 6 nitrogen and oxygen atoms in total. The molecule has 4 rings (SSSR count). The van der Waals surface area contributed by atoms with Gasteiger partial charge in [-0.2, -0.15) is 0 Å². The van der Waals surface area contributed by atoms with Crippen LogP contribution in [0.25, 0.3) is 0 Å². The van der Waals surface area contributed by atoms with Gasteiger partial charge in [-0.1, -0.05) is 53.1 Å². The number of ether oxygens (including phenoxy) is 1. The molecule has 3 aromatic carbocycles. The molecule has 0 fully saturated rings. The normalized spacial score (nSPS) is 12.6. The first-order valence-electron chi connectivity index (χ1n) is 9.16. The third kappa shape index (κ3) is 4.18. The van der Waals surface area contributed by atoms with E-state index in [0.29, 0.717) is 28.0 Å². The maximum atomic E-state index is 12.3. The number of fused-ring (bicyclic) bond motifs is 1. The van der Waals surface area contributed by atoms with Crippen molar-refractivity contribution in [3.8, 4) is 5.75 Å². The highest BCUT2D eigenvalue weighted by molar-refractivity contribution is 6.30. The van der Waals surface area contributed by atoms with E-state index < -0.39 is 17.8 Å². The standard InChI is InChI=1S/C23H16ClNO5/c24-17-10-8-15(9-11-17)14-29-18-5-3-4-16(12-18)13-21(26)30-25-22(27)19-6-1-2-7-20(19)23(25)28/h1-12H,13-14H2. The van der Waals surface area contributed by atoms with Crippen LogP contribution in [0.3, 0.4) is 0 Å². The molecule has 0 radical (unpaired) electrons. The predicted octanol–water partition coefficient (Wildman–Crippen LogP) is 4.22. The maximum Gasteiger partial charge on any atom is 0.337 e. The molecule has 0 atom stereocenters. The van der Waals surface area contributed by atoms with Crippen molar-refractivity contribution in [2.24, 2.45) is 0 Å². The summed E-state index contributed by atoms with van der Waals surface area (Å²) in [4.78, 5) is 41.9. The molecule has 0 N–H and O–H groups in total. The number of hydrogen-bond donors (Lipinski definition) is 0. The Bertz CT molecular complexity index is 1090. The number of imide groups is 1. The molecule has 1 heterocycles. The summed E-state index contributed by atoms with van der Waals surface area (Å²) in [5, 5.41) is 1.16. The van der Waals surface area contributed by atoms with Crippen molar-refractivity contribution in [2.75, 3.05) is 0 Å². The van der Waals surface area contributed by atoms with E-state index in [0.717, 1.165) is 5.56 Å². The lowest BCUT2D eigenvalue weighted by atomic mass is 10.1. The van der Waals surface area contributed by atoms with E-state index in [1.54, 1.807) is 48.5 Å².